The number of hydrogen-bond donors (Lipinski definition) is 2. The molecule has 1 aromatic heterocycles. The number of likely N-dealkylation sites (tertiary alicyclic amines) is 1. The minimum atomic E-state index is -0.634. The number of piperidine rings is 1. The van der Waals surface area contributed by atoms with E-state index < -0.39 is 5.60 Å². The van der Waals surface area contributed by atoms with Crippen LogP contribution in [0.2, 0.25) is 0 Å². The van der Waals surface area contributed by atoms with Gasteiger partial charge >= 0.3 is 0 Å². The van der Waals surface area contributed by atoms with Crippen LogP contribution in [0.5, 0.6) is 0 Å². The second-order valence-electron chi connectivity index (χ2n) is 6.35. The molecule has 1 aromatic rings. The Hall–Kier alpha value is -1.33. The van der Waals surface area contributed by atoms with Crippen molar-refractivity contribution in [2.75, 3.05) is 19.7 Å². The molecule has 2 aliphatic heterocycles. The Labute approximate surface area is 118 Å². The topological polar surface area (TPSA) is 65.6 Å². The van der Waals surface area contributed by atoms with Gasteiger partial charge in [-0.2, -0.15) is 0 Å². The van der Waals surface area contributed by atoms with Crippen LogP contribution in [-0.4, -0.2) is 51.8 Å². The molecule has 0 aromatic carbocycles. The zero-order valence-electron chi connectivity index (χ0n) is 11.9. The van der Waals surface area contributed by atoms with Crippen LogP contribution in [0.15, 0.2) is 18.5 Å². The van der Waals surface area contributed by atoms with Crippen LogP contribution in [0.1, 0.15) is 43.0 Å². The molecule has 1 atom stereocenters. The molecular formula is C15H22N2O3. The van der Waals surface area contributed by atoms with Gasteiger partial charge in [0.25, 0.3) is 5.91 Å². The molecule has 1 spiro atoms. The number of nitrogens with one attached hydrogen (secondary N) is 1. The number of rotatable bonds is 1. The van der Waals surface area contributed by atoms with Crippen LogP contribution < -0.4 is 0 Å². The van der Waals surface area contributed by atoms with Crippen LogP contribution >= 0.6 is 0 Å². The van der Waals surface area contributed by atoms with Crippen molar-refractivity contribution in [2.24, 2.45) is 0 Å². The number of nitrogens with zero attached hydrogens (tertiary/aromatic N) is 1. The molecule has 2 aliphatic rings. The molecule has 110 valence electrons. The Morgan fingerprint density at radius 1 is 1.40 bits per heavy atom. The van der Waals surface area contributed by atoms with Gasteiger partial charge in [0.05, 0.1) is 23.4 Å². The normalized spacial score (nSPS) is 29.6. The number of carbonyl (C=O) groups excluding carboxylic acids is 1. The van der Waals surface area contributed by atoms with E-state index in [0.29, 0.717) is 38.1 Å². The standard InChI is InChI=1S/C15H22N2O3/c1-14(19)5-9-20-15(11-14)3-7-17(8-4-15)13(18)12-2-6-16-10-12/h2,6,10,16,19H,3-5,7-9,11H2,1H3. The van der Waals surface area contributed by atoms with Gasteiger partial charge in [-0.05, 0) is 32.3 Å². The fraction of sp³-hybridized carbons (Fsp3) is 0.667. The SMILES string of the molecule is CC1(O)CCOC2(CCN(C(=O)c3cc[nH]c3)CC2)C1. The zero-order chi connectivity index (χ0) is 14.2. The maximum atomic E-state index is 12.3. The number of aromatic nitrogens is 1. The molecule has 2 N–H and O–H groups in total. The average molecular weight is 278 g/mol. The molecule has 5 nitrogen and oxygen atoms in total. The minimum absolute atomic E-state index is 0.0728. The summed E-state index contributed by atoms with van der Waals surface area (Å²) < 4.78 is 5.96. The lowest BCUT2D eigenvalue weighted by Crippen LogP contribution is -2.54. The first-order valence-electron chi connectivity index (χ1n) is 7.28. The third kappa shape index (κ3) is 2.60. The van der Waals surface area contributed by atoms with E-state index in [2.05, 4.69) is 4.98 Å². The van der Waals surface area contributed by atoms with Crippen molar-refractivity contribution in [3.63, 3.8) is 0 Å². The van der Waals surface area contributed by atoms with Gasteiger partial charge < -0.3 is 19.7 Å². The predicted molar refractivity (Wildman–Crippen MR) is 74.5 cm³/mol. The Kier molecular flexibility index (Phi) is 3.34. The van der Waals surface area contributed by atoms with E-state index in [4.69, 9.17) is 4.74 Å². The number of ether oxygens (including phenoxy) is 1. The third-order valence-electron chi connectivity index (χ3n) is 4.56. The maximum absolute atomic E-state index is 12.3. The number of aromatic amines is 1. The largest absolute Gasteiger partial charge is 0.390 e. The molecule has 2 fully saturated rings. The molecule has 0 bridgehead atoms. The average Bonchev–Trinajstić information content (AvgIpc) is 2.91. The zero-order valence-corrected chi connectivity index (χ0v) is 11.9. The van der Waals surface area contributed by atoms with E-state index in [9.17, 15) is 9.90 Å². The molecule has 0 saturated carbocycles. The summed E-state index contributed by atoms with van der Waals surface area (Å²) in [6.07, 6.45) is 6.47. The Bertz CT molecular complexity index is 473. The van der Waals surface area contributed by atoms with Crippen molar-refractivity contribution in [3.8, 4) is 0 Å². The summed E-state index contributed by atoms with van der Waals surface area (Å²) in [5.74, 6) is 0.0728. The molecule has 3 rings (SSSR count). The highest BCUT2D eigenvalue weighted by molar-refractivity contribution is 5.94. The van der Waals surface area contributed by atoms with Gasteiger partial charge in [-0.1, -0.05) is 0 Å². The second kappa shape index (κ2) is 4.90. The first-order valence-corrected chi connectivity index (χ1v) is 7.28. The van der Waals surface area contributed by atoms with Crippen LogP contribution in [0.3, 0.4) is 0 Å². The van der Waals surface area contributed by atoms with Crippen LogP contribution in [0, 0.1) is 0 Å². The summed E-state index contributed by atoms with van der Waals surface area (Å²) in [5.41, 5.74) is -0.167. The highest BCUT2D eigenvalue weighted by Crippen LogP contribution is 2.39. The fourth-order valence-corrected chi connectivity index (χ4v) is 3.40. The van der Waals surface area contributed by atoms with E-state index in [1.54, 1.807) is 18.5 Å². The van der Waals surface area contributed by atoms with Gasteiger partial charge in [-0.3, -0.25) is 4.79 Å². The van der Waals surface area contributed by atoms with Crippen molar-refractivity contribution >= 4 is 5.91 Å². The van der Waals surface area contributed by atoms with Crippen LogP contribution in [0.4, 0.5) is 0 Å². The van der Waals surface area contributed by atoms with Gasteiger partial charge in [-0.25, -0.2) is 0 Å². The van der Waals surface area contributed by atoms with E-state index >= 15 is 0 Å². The van der Waals surface area contributed by atoms with Crippen molar-refractivity contribution in [2.45, 2.75) is 43.8 Å². The lowest BCUT2D eigenvalue weighted by atomic mass is 9.78. The van der Waals surface area contributed by atoms with Gasteiger partial charge in [0.2, 0.25) is 0 Å². The summed E-state index contributed by atoms with van der Waals surface area (Å²) in [6, 6.07) is 1.80. The molecule has 1 unspecified atom stereocenters. The van der Waals surface area contributed by atoms with Crippen molar-refractivity contribution in [3.05, 3.63) is 24.0 Å². The lowest BCUT2D eigenvalue weighted by molar-refractivity contribution is -0.170. The molecule has 2 saturated heterocycles. The van der Waals surface area contributed by atoms with Crippen LogP contribution in [0.25, 0.3) is 0 Å². The van der Waals surface area contributed by atoms with Crippen LogP contribution in [-0.2, 0) is 4.74 Å². The number of aliphatic hydroxyl groups is 1. The highest BCUT2D eigenvalue weighted by atomic mass is 16.5. The Morgan fingerprint density at radius 2 is 2.15 bits per heavy atom. The molecule has 20 heavy (non-hydrogen) atoms. The van der Waals surface area contributed by atoms with Gasteiger partial charge in [0.1, 0.15) is 0 Å². The molecule has 0 radical (unpaired) electrons. The Morgan fingerprint density at radius 3 is 2.75 bits per heavy atom. The lowest BCUT2D eigenvalue weighted by Gasteiger charge is -2.48. The summed E-state index contributed by atoms with van der Waals surface area (Å²) in [7, 11) is 0. The number of H-pyrrole nitrogens is 1. The number of carbonyl (C=O) groups is 1. The third-order valence-corrected chi connectivity index (χ3v) is 4.56. The van der Waals surface area contributed by atoms with E-state index in [1.165, 1.54) is 0 Å². The maximum Gasteiger partial charge on any atom is 0.255 e. The molecule has 3 heterocycles. The van der Waals surface area contributed by atoms with Crippen molar-refractivity contribution < 1.29 is 14.6 Å². The molecular weight excluding hydrogens is 256 g/mol. The quantitative estimate of drug-likeness (QED) is 0.819. The van der Waals surface area contributed by atoms with Gasteiger partial charge in [-0.15, -0.1) is 0 Å². The smallest absolute Gasteiger partial charge is 0.255 e. The van der Waals surface area contributed by atoms with E-state index in [1.807, 2.05) is 11.8 Å². The van der Waals surface area contributed by atoms with Gasteiger partial charge in [0.15, 0.2) is 0 Å². The summed E-state index contributed by atoms with van der Waals surface area (Å²) in [5, 5.41) is 10.3. The summed E-state index contributed by atoms with van der Waals surface area (Å²) >= 11 is 0. The Balaban J connectivity index is 1.63. The first kappa shape index (κ1) is 13.6. The molecule has 1 amide bonds. The minimum Gasteiger partial charge on any atom is -0.390 e. The monoisotopic (exact) mass is 278 g/mol. The summed E-state index contributed by atoms with van der Waals surface area (Å²) in [6.45, 7) is 3.88. The fourth-order valence-electron chi connectivity index (χ4n) is 3.40. The summed E-state index contributed by atoms with van der Waals surface area (Å²) in [4.78, 5) is 17.1. The molecule has 5 heteroatoms. The van der Waals surface area contributed by atoms with Crippen molar-refractivity contribution in [1.29, 1.82) is 0 Å². The second-order valence-corrected chi connectivity index (χ2v) is 6.35. The number of hydrogen-bond acceptors (Lipinski definition) is 3. The molecule has 0 aliphatic carbocycles. The van der Waals surface area contributed by atoms with E-state index in [0.717, 1.165) is 12.8 Å². The predicted octanol–water partition coefficient (Wildman–Crippen LogP) is 1.55. The van der Waals surface area contributed by atoms with Crippen molar-refractivity contribution in [1.82, 2.24) is 9.88 Å². The van der Waals surface area contributed by atoms with Gasteiger partial charge in [0, 0.05) is 31.9 Å². The van der Waals surface area contributed by atoms with E-state index in [-0.39, 0.29) is 11.5 Å². The highest BCUT2D eigenvalue weighted by Gasteiger charge is 2.44. The first-order chi connectivity index (χ1) is 9.50. The number of amides is 1.